The molecule has 0 aliphatic heterocycles. The molecule has 0 aliphatic rings. The Labute approximate surface area is 112 Å². The van der Waals surface area contributed by atoms with Crippen molar-refractivity contribution in [2.45, 2.75) is 11.8 Å². The van der Waals surface area contributed by atoms with Crippen molar-refractivity contribution in [2.75, 3.05) is 19.8 Å². The van der Waals surface area contributed by atoms with Crippen molar-refractivity contribution < 1.29 is 13.2 Å². The third kappa shape index (κ3) is 5.14. The SMILES string of the molecule is C=C(C)COCCNS(=O)(=O)c1ccnc(Cl)c1. The molecule has 7 heteroatoms. The van der Waals surface area contributed by atoms with Gasteiger partial charge in [-0.1, -0.05) is 23.8 Å². The molecule has 1 N–H and O–H groups in total. The first kappa shape index (κ1) is 15.1. The molecule has 0 saturated heterocycles. The van der Waals surface area contributed by atoms with Crippen molar-refractivity contribution in [1.82, 2.24) is 9.71 Å². The average Bonchev–Trinajstić information content (AvgIpc) is 2.28. The van der Waals surface area contributed by atoms with Gasteiger partial charge >= 0.3 is 0 Å². The van der Waals surface area contributed by atoms with Crippen LogP contribution in [0.25, 0.3) is 0 Å². The Morgan fingerprint density at radius 3 is 2.94 bits per heavy atom. The van der Waals surface area contributed by atoms with Gasteiger partial charge in [0, 0.05) is 12.7 Å². The number of halogens is 1. The van der Waals surface area contributed by atoms with E-state index in [0.29, 0.717) is 6.61 Å². The van der Waals surface area contributed by atoms with E-state index >= 15 is 0 Å². The Hall–Kier alpha value is -0.950. The molecule has 1 rings (SSSR count). The van der Waals surface area contributed by atoms with Gasteiger partial charge in [-0.05, 0) is 19.1 Å². The maximum absolute atomic E-state index is 11.8. The van der Waals surface area contributed by atoms with Gasteiger partial charge < -0.3 is 4.74 Å². The van der Waals surface area contributed by atoms with E-state index < -0.39 is 10.0 Å². The second kappa shape index (κ2) is 6.84. The van der Waals surface area contributed by atoms with Crippen LogP contribution in [0.3, 0.4) is 0 Å². The Bertz CT molecular complexity index is 517. The summed E-state index contributed by atoms with van der Waals surface area (Å²) in [7, 11) is -3.56. The van der Waals surface area contributed by atoms with Crippen LogP contribution in [-0.2, 0) is 14.8 Å². The Morgan fingerprint density at radius 2 is 2.33 bits per heavy atom. The highest BCUT2D eigenvalue weighted by atomic mass is 35.5. The summed E-state index contributed by atoms with van der Waals surface area (Å²) in [4.78, 5) is 3.81. The molecule has 0 amide bonds. The Kier molecular flexibility index (Phi) is 5.74. The van der Waals surface area contributed by atoms with E-state index in [4.69, 9.17) is 16.3 Å². The van der Waals surface area contributed by atoms with Gasteiger partial charge in [0.15, 0.2) is 0 Å². The van der Waals surface area contributed by atoms with Crippen molar-refractivity contribution in [1.29, 1.82) is 0 Å². The summed E-state index contributed by atoms with van der Waals surface area (Å²) in [6.07, 6.45) is 1.34. The lowest BCUT2D eigenvalue weighted by Gasteiger charge is -2.07. The zero-order chi connectivity index (χ0) is 13.6. The molecule has 100 valence electrons. The minimum absolute atomic E-state index is 0.0856. The van der Waals surface area contributed by atoms with Gasteiger partial charge in [-0.3, -0.25) is 0 Å². The van der Waals surface area contributed by atoms with E-state index in [1.165, 1.54) is 18.3 Å². The molecule has 0 bridgehead atoms. The molecular formula is C11H15ClN2O3S. The molecule has 1 heterocycles. The lowest BCUT2D eigenvalue weighted by atomic mass is 10.4. The first-order chi connectivity index (χ1) is 8.42. The molecule has 0 unspecified atom stereocenters. The number of sulfonamides is 1. The van der Waals surface area contributed by atoms with E-state index in [9.17, 15) is 8.42 Å². The molecule has 0 saturated carbocycles. The molecule has 18 heavy (non-hydrogen) atoms. The van der Waals surface area contributed by atoms with Gasteiger partial charge in [0.05, 0.1) is 18.1 Å². The average molecular weight is 291 g/mol. The topological polar surface area (TPSA) is 68.3 Å². The van der Waals surface area contributed by atoms with Gasteiger partial charge in [0.1, 0.15) is 5.15 Å². The van der Waals surface area contributed by atoms with Crippen molar-refractivity contribution in [3.05, 3.63) is 35.6 Å². The fourth-order valence-corrected chi connectivity index (χ4v) is 2.39. The van der Waals surface area contributed by atoms with Crippen LogP contribution in [0.15, 0.2) is 35.4 Å². The smallest absolute Gasteiger partial charge is 0.240 e. The number of hydrogen-bond donors (Lipinski definition) is 1. The molecule has 0 aliphatic carbocycles. The van der Waals surface area contributed by atoms with Crippen LogP contribution in [0.4, 0.5) is 0 Å². The van der Waals surface area contributed by atoms with Crippen LogP contribution in [0.2, 0.25) is 5.15 Å². The summed E-state index contributed by atoms with van der Waals surface area (Å²) in [6, 6.07) is 2.67. The third-order valence-corrected chi connectivity index (χ3v) is 3.56. The first-order valence-corrected chi connectivity index (χ1v) is 7.11. The minimum atomic E-state index is -3.56. The number of hydrogen-bond acceptors (Lipinski definition) is 4. The highest BCUT2D eigenvalue weighted by Gasteiger charge is 2.13. The molecule has 1 aromatic rings. The molecule has 0 spiro atoms. The van der Waals surface area contributed by atoms with E-state index in [1.54, 1.807) is 0 Å². The summed E-state index contributed by atoms with van der Waals surface area (Å²) >= 11 is 5.63. The van der Waals surface area contributed by atoms with Gasteiger partial charge in [-0.2, -0.15) is 0 Å². The van der Waals surface area contributed by atoms with E-state index in [2.05, 4.69) is 16.3 Å². The quantitative estimate of drug-likeness (QED) is 0.470. The second-order valence-electron chi connectivity index (χ2n) is 3.72. The van der Waals surface area contributed by atoms with Crippen molar-refractivity contribution in [2.24, 2.45) is 0 Å². The van der Waals surface area contributed by atoms with Crippen LogP contribution in [0.1, 0.15) is 6.92 Å². The number of nitrogens with zero attached hydrogens (tertiary/aromatic N) is 1. The van der Waals surface area contributed by atoms with Crippen LogP contribution < -0.4 is 4.72 Å². The van der Waals surface area contributed by atoms with E-state index in [1.807, 2.05) is 6.92 Å². The predicted octanol–water partition coefficient (Wildman–Crippen LogP) is 1.61. The van der Waals surface area contributed by atoms with Gasteiger partial charge in [-0.25, -0.2) is 18.1 Å². The van der Waals surface area contributed by atoms with E-state index in [0.717, 1.165) is 5.57 Å². The summed E-state index contributed by atoms with van der Waals surface area (Å²) in [5, 5.41) is 0.136. The van der Waals surface area contributed by atoms with Gasteiger partial charge in [0.25, 0.3) is 0 Å². The third-order valence-electron chi connectivity index (χ3n) is 1.90. The molecule has 1 aromatic heterocycles. The molecule has 0 aromatic carbocycles. The Morgan fingerprint density at radius 1 is 1.61 bits per heavy atom. The van der Waals surface area contributed by atoms with Crippen molar-refractivity contribution in [3.8, 4) is 0 Å². The molecular weight excluding hydrogens is 276 g/mol. The lowest BCUT2D eigenvalue weighted by Crippen LogP contribution is -2.27. The standard InChI is InChI=1S/C11H15ClN2O3S/c1-9(2)8-17-6-5-14-18(15,16)10-3-4-13-11(12)7-10/h3-4,7,14H,1,5-6,8H2,2H3. The highest BCUT2D eigenvalue weighted by Crippen LogP contribution is 2.12. The largest absolute Gasteiger partial charge is 0.376 e. The van der Waals surface area contributed by atoms with Crippen LogP contribution in [0.5, 0.6) is 0 Å². The number of nitrogens with one attached hydrogen (secondary N) is 1. The lowest BCUT2D eigenvalue weighted by molar-refractivity contribution is 0.162. The number of aromatic nitrogens is 1. The molecule has 0 radical (unpaired) electrons. The fourth-order valence-electron chi connectivity index (χ4n) is 1.13. The molecule has 0 fully saturated rings. The van der Waals surface area contributed by atoms with E-state index in [-0.39, 0.29) is 23.2 Å². The number of rotatable bonds is 7. The second-order valence-corrected chi connectivity index (χ2v) is 5.88. The fraction of sp³-hybridized carbons (Fsp3) is 0.364. The van der Waals surface area contributed by atoms with Crippen molar-refractivity contribution in [3.63, 3.8) is 0 Å². The number of ether oxygens (including phenoxy) is 1. The van der Waals surface area contributed by atoms with Gasteiger partial charge in [0.2, 0.25) is 10.0 Å². The van der Waals surface area contributed by atoms with Crippen molar-refractivity contribution >= 4 is 21.6 Å². The first-order valence-electron chi connectivity index (χ1n) is 5.25. The minimum Gasteiger partial charge on any atom is -0.376 e. The normalized spacial score (nSPS) is 11.4. The summed E-state index contributed by atoms with van der Waals surface area (Å²) in [5.74, 6) is 0. The monoisotopic (exact) mass is 290 g/mol. The van der Waals surface area contributed by atoms with Crippen LogP contribution in [-0.4, -0.2) is 33.2 Å². The Balaban J connectivity index is 2.48. The highest BCUT2D eigenvalue weighted by molar-refractivity contribution is 7.89. The summed E-state index contributed by atoms with van der Waals surface area (Å²) in [5.41, 5.74) is 0.888. The maximum atomic E-state index is 11.8. The van der Waals surface area contributed by atoms with Crippen LogP contribution >= 0.6 is 11.6 Å². The summed E-state index contributed by atoms with van der Waals surface area (Å²) < 4.78 is 31.2. The number of pyridine rings is 1. The summed E-state index contributed by atoms with van der Waals surface area (Å²) in [6.45, 7) is 6.40. The molecule has 0 atom stereocenters. The maximum Gasteiger partial charge on any atom is 0.240 e. The predicted molar refractivity (Wildman–Crippen MR) is 70.1 cm³/mol. The van der Waals surface area contributed by atoms with Gasteiger partial charge in [-0.15, -0.1) is 0 Å². The zero-order valence-electron chi connectivity index (χ0n) is 10.0. The zero-order valence-corrected chi connectivity index (χ0v) is 11.6. The van der Waals surface area contributed by atoms with Crippen LogP contribution in [0, 0.1) is 0 Å². The molecule has 5 nitrogen and oxygen atoms in total.